The van der Waals surface area contributed by atoms with E-state index in [2.05, 4.69) is 32.1 Å². The molecule has 0 heterocycles. The zero-order chi connectivity index (χ0) is 13.3. The lowest BCUT2D eigenvalue weighted by Gasteiger charge is -2.00. The summed E-state index contributed by atoms with van der Waals surface area (Å²) in [4.78, 5) is 0. The molecule has 0 N–H and O–H groups in total. The Morgan fingerprint density at radius 3 is 1.72 bits per heavy atom. The van der Waals surface area contributed by atoms with E-state index in [0.717, 1.165) is 6.42 Å². The van der Waals surface area contributed by atoms with Crippen LogP contribution >= 0.6 is 0 Å². The molecule has 0 aromatic carbocycles. The minimum Gasteiger partial charge on any atom is -0.0885 e. The summed E-state index contributed by atoms with van der Waals surface area (Å²) in [6.07, 6.45) is 25.0. The molecule has 0 amide bonds. The van der Waals surface area contributed by atoms with Gasteiger partial charge in [0.05, 0.1) is 0 Å². The highest BCUT2D eigenvalue weighted by Gasteiger charge is 1.90. The predicted octanol–water partition coefficient (Wildman–Crippen LogP) is 6.63. The average Bonchev–Trinajstić information content (AvgIpc) is 2.39. The van der Waals surface area contributed by atoms with E-state index >= 15 is 0 Å². The quantitative estimate of drug-likeness (QED) is 0.254. The molecule has 0 aliphatic heterocycles. The summed E-state index contributed by atoms with van der Waals surface area (Å²) in [5.74, 6) is 0. The highest BCUT2D eigenvalue weighted by molar-refractivity contribution is 4.88. The standard InChI is InChI=1S/C18H33/c1-3-5-7-9-11-13-15-17-18-16-14-12-10-8-6-4-2/h3,5,11,13H,1,4,6-10,12,14-18H2,2H3. The van der Waals surface area contributed by atoms with Crippen molar-refractivity contribution in [1.82, 2.24) is 0 Å². The maximum Gasteiger partial charge on any atom is -0.0316 e. The van der Waals surface area contributed by atoms with Crippen molar-refractivity contribution < 1.29 is 0 Å². The lowest BCUT2D eigenvalue weighted by Crippen LogP contribution is -1.80. The Hall–Kier alpha value is -0.520. The van der Waals surface area contributed by atoms with Crippen LogP contribution in [-0.2, 0) is 0 Å². The topological polar surface area (TPSA) is 0 Å². The zero-order valence-corrected chi connectivity index (χ0v) is 12.5. The number of hydrogen-bond acceptors (Lipinski definition) is 0. The number of rotatable bonds is 13. The summed E-state index contributed by atoms with van der Waals surface area (Å²) in [5.41, 5.74) is 0. The van der Waals surface area contributed by atoms with Crippen molar-refractivity contribution in [3.63, 3.8) is 0 Å². The first kappa shape index (κ1) is 17.5. The second kappa shape index (κ2) is 16.5. The second-order valence-electron chi connectivity index (χ2n) is 5.14. The van der Waals surface area contributed by atoms with Gasteiger partial charge in [-0.05, 0) is 32.6 Å². The third-order valence-electron chi connectivity index (χ3n) is 3.31. The highest BCUT2D eigenvalue weighted by atomic mass is 14.0. The van der Waals surface area contributed by atoms with Crippen LogP contribution < -0.4 is 0 Å². The van der Waals surface area contributed by atoms with Crippen molar-refractivity contribution in [2.45, 2.75) is 84.0 Å². The molecular formula is C18H33. The molecule has 0 aliphatic carbocycles. The van der Waals surface area contributed by atoms with Crippen molar-refractivity contribution in [2.75, 3.05) is 0 Å². The van der Waals surface area contributed by atoms with Gasteiger partial charge in [0.2, 0.25) is 0 Å². The first-order chi connectivity index (χ1) is 8.91. The van der Waals surface area contributed by atoms with E-state index in [1.54, 1.807) is 0 Å². The molecule has 0 saturated carbocycles. The smallest absolute Gasteiger partial charge is 0.0316 e. The maximum absolute atomic E-state index is 3.68. The molecule has 0 rings (SSSR count). The van der Waals surface area contributed by atoms with Gasteiger partial charge in [-0.1, -0.05) is 82.6 Å². The van der Waals surface area contributed by atoms with Crippen LogP contribution in [-0.4, -0.2) is 0 Å². The lowest BCUT2D eigenvalue weighted by molar-refractivity contribution is 0.566. The van der Waals surface area contributed by atoms with Crippen LogP contribution in [0.25, 0.3) is 0 Å². The Bertz CT molecular complexity index is 188. The fourth-order valence-corrected chi connectivity index (χ4v) is 2.12. The van der Waals surface area contributed by atoms with Crippen molar-refractivity contribution in [3.8, 4) is 0 Å². The van der Waals surface area contributed by atoms with Gasteiger partial charge in [0.25, 0.3) is 0 Å². The third-order valence-corrected chi connectivity index (χ3v) is 3.31. The Kier molecular flexibility index (Phi) is 16.0. The van der Waals surface area contributed by atoms with Crippen LogP contribution in [0.15, 0.2) is 24.3 Å². The zero-order valence-electron chi connectivity index (χ0n) is 12.5. The Morgan fingerprint density at radius 2 is 1.11 bits per heavy atom. The van der Waals surface area contributed by atoms with Gasteiger partial charge in [0, 0.05) is 0 Å². The van der Waals surface area contributed by atoms with E-state index in [0.29, 0.717) is 0 Å². The average molecular weight is 249 g/mol. The molecule has 0 atom stereocenters. The number of allylic oxidation sites excluding steroid dienone is 4. The van der Waals surface area contributed by atoms with Crippen LogP contribution in [0.2, 0.25) is 0 Å². The maximum atomic E-state index is 3.68. The third kappa shape index (κ3) is 15.5. The molecule has 0 unspecified atom stereocenters. The number of hydrogen-bond donors (Lipinski definition) is 0. The minimum atomic E-state index is 1.14. The van der Waals surface area contributed by atoms with Crippen LogP contribution in [0, 0.1) is 6.92 Å². The van der Waals surface area contributed by atoms with Crippen molar-refractivity contribution >= 4 is 0 Å². The van der Waals surface area contributed by atoms with E-state index in [1.807, 2.05) is 6.08 Å². The largest absolute Gasteiger partial charge is 0.0885 e. The second-order valence-corrected chi connectivity index (χ2v) is 5.14. The first-order valence-electron chi connectivity index (χ1n) is 8.01. The molecule has 18 heavy (non-hydrogen) atoms. The Morgan fingerprint density at radius 1 is 0.611 bits per heavy atom. The van der Waals surface area contributed by atoms with Gasteiger partial charge in [0.15, 0.2) is 0 Å². The fourth-order valence-electron chi connectivity index (χ4n) is 2.12. The van der Waals surface area contributed by atoms with Gasteiger partial charge in [0.1, 0.15) is 0 Å². The van der Waals surface area contributed by atoms with Gasteiger partial charge in [-0.15, -0.1) is 0 Å². The van der Waals surface area contributed by atoms with Gasteiger partial charge >= 0.3 is 0 Å². The van der Waals surface area contributed by atoms with Crippen molar-refractivity contribution in [2.24, 2.45) is 0 Å². The molecule has 0 spiro atoms. The molecular weight excluding hydrogens is 216 g/mol. The molecule has 0 fully saturated rings. The van der Waals surface area contributed by atoms with E-state index in [1.165, 1.54) is 70.6 Å². The molecule has 0 aromatic rings. The molecule has 0 nitrogen and oxygen atoms in total. The summed E-state index contributed by atoms with van der Waals surface area (Å²) >= 11 is 0. The lowest BCUT2D eigenvalue weighted by atomic mass is 10.1. The van der Waals surface area contributed by atoms with Crippen LogP contribution in [0.5, 0.6) is 0 Å². The fraction of sp³-hybridized carbons (Fsp3) is 0.722. The van der Waals surface area contributed by atoms with Gasteiger partial charge in [-0.3, -0.25) is 0 Å². The Labute approximate surface area is 116 Å². The summed E-state index contributed by atoms with van der Waals surface area (Å²) in [7, 11) is 0. The predicted molar refractivity (Wildman–Crippen MR) is 84.7 cm³/mol. The van der Waals surface area contributed by atoms with E-state index in [4.69, 9.17) is 0 Å². The minimum absolute atomic E-state index is 1.14. The monoisotopic (exact) mass is 249 g/mol. The van der Waals surface area contributed by atoms with E-state index in [9.17, 15) is 0 Å². The van der Waals surface area contributed by atoms with Crippen molar-refractivity contribution in [1.29, 1.82) is 0 Å². The van der Waals surface area contributed by atoms with E-state index < -0.39 is 0 Å². The molecule has 0 bridgehead atoms. The summed E-state index contributed by atoms with van der Waals surface area (Å²) in [6, 6.07) is 0. The summed E-state index contributed by atoms with van der Waals surface area (Å²) < 4.78 is 0. The molecule has 105 valence electrons. The van der Waals surface area contributed by atoms with Gasteiger partial charge in [-0.25, -0.2) is 0 Å². The molecule has 0 heteroatoms. The molecule has 0 aromatic heterocycles. The highest BCUT2D eigenvalue weighted by Crippen LogP contribution is 2.10. The Balaban J connectivity index is 3.02. The molecule has 1 radical (unpaired) electrons. The SMILES string of the molecule is [CH2]C=CCCC=CCCCCCCCCCCC. The van der Waals surface area contributed by atoms with Gasteiger partial charge in [-0.2, -0.15) is 0 Å². The van der Waals surface area contributed by atoms with Crippen LogP contribution in [0.1, 0.15) is 84.0 Å². The van der Waals surface area contributed by atoms with Crippen LogP contribution in [0.3, 0.4) is 0 Å². The summed E-state index contributed by atoms with van der Waals surface area (Å²) in [6.45, 7) is 5.96. The van der Waals surface area contributed by atoms with Gasteiger partial charge < -0.3 is 0 Å². The first-order valence-corrected chi connectivity index (χ1v) is 8.01. The summed E-state index contributed by atoms with van der Waals surface area (Å²) in [5, 5.41) is 0. The van der Waals surface area contributed by atoms with Crippen LogP contribution in [0.4, 0.5) is 0 Å². The molecule has 0 saturated heterocycles. The van der Waals surface area contributed by atoms with E-state index in [-0.39, 0.29) is 0 Å². The van der Waals surface area contributed by atoms with Crippen molar-refractivity contribution in [3.05, 3.63) is 31.2 Å². The molecule has 0 aliphatic rings. The normalized spacial score (nSPS) is 11.9. The number of unbranched alkanes of at least 4 members (excludes halogenated alkanes) is 10.